The van der Waals surface area contributed by atoms with Crippen molar-refractivity contribution in [2.24, 2.45) is 5.92 Å². The van der Waals surface area contributed by atoms with Crippen molar-refractivity contribution in [2.45, 2.75) is 33.1 Å². The monoisotopic (exact) mass is 266 g/mol. The maximum atomic E-state index is 12.3. The Morgan fingerprint density at radius 3 is 2.79 bits per heavy atom. The highest BCUT2D eigenvalue weighted by molar-refractivity contribution is 5.90. The predicted octanol–water partition coefficient (Wildman–Crippen LogP) is 1.23. The van der Waals surface area contributed by atoms with E-state index in [2.05, 4.69) is 22.4 Å². The van der Waals surface area contributed by atoms with Crippen LogP contribution in [0.5, 0.6) is 0 Å². The fourth-order valence-corrected chi connectivity index (χ4v) is 2.45. The van der Waals surface area contributed by atoms with Gasteiger partial charge in [0.25, 0.3) is 11.7 Å². The first-order chi connectivity index (χ1) is 9.20. The van der Waals surface area contributed by atoms with Gasteiger partial charge in [-0.15, -0.1) is 0 Å². The second-order valence-electron chi connectivity index (χ2n) is 5.08. The summed E-state index contributed by atoms with van der Waals surface area (Å²) in [6, 6.07) is 0. The van der Waals surface area contributed by atoms with Gasteiger partial charge in [0.1, 0.15) is 0 Å². The van der Waals surface area contributed by atoms with Gasteiger partial charge in [0.2, 0.25) is 5.89 Å². The molecular formula is C13H22N4O2. The molecule has 1 aliphatic heterocycles. The van der Waals surface area contributed by atoms with Crippen LogP contribution in [0.2, 0.25) is 0 Å². The minimum absolute atomic E-state index is 0.114. The Morgan fingerprint density at radius 2 is 2.21 bits per heavy atom. The van der Waals surface area contributed by atoms with Crippen molar-refractivity contribution in [3.8, 4) is 0 Å². The topological polar surface area (TPSA) is 71.3 Å². The Kier molecular flexibility index (Phi) is 4.90. The van der Waals surface area contributed by atoms with Gasteiger partial charge in [0.15, 0.2) is 0 Å². The van der Waals surface area contributed by atoms with Crippen LogP contribution in [-0.4, -0.2) is 47.1 Å². The number of carbonyl (C=O) groups excluding carboxylic acids is 1. The molecule has 0 unspecified atom stereocenters. The van der Waals surface area contributed by atoms with Crippen LogP contribution in [0.3, 0.4) is 0 Å². The number of nitrogens with zero attached hydrogens (tertiary/aromatic N) is 3. The lowest BCUT2D eigenvalue weighted by Crippen LogP contribution is -2.40. The smallest absolute Gasteiger partial charge is 0.295 e. The molecule has 0 spiro atoms. The van der Waals surface area contributed by atoms with Gasteiger partial charge in [-0.25, -0.2) is 0 Å². The number of rotatable bonds is 5. The van der Waals surface area contributed by atoms with E-state index < -0.39 is 0 Å². The number of hydrogen-bond acceptors (Lipinski definition) is 5. The molecule has 19 heavy (non-hydrogen) atoms. The van der Waals surface area contributed by atoms with Crippen LogP contribution < -0.4 is 5.32 Å². The summed E-state index contributed by atoms with van der Waals surface area (Å²) < 4.78 is 4.89. The summed E-state index contributed by atoms with van der Waals surface area (Å²) in [5, 5.41) is 7.06. The maximum Gasteiger partial charge on any atom is 0.295 e. The Morgan fingerprint density at radius 1 is 1.47 bits per heavy atom. The maximum absolute atomic E-state index is 12.3. The van der Waals surface area contributed by atoms with Crippen LogP contribution >= 0.6 is 0 Å². The summed E-state index contributed by atoms with van der Waals surface area (Å²) in [6.45, 7) is 7.39. The summed E-state index contributed by atoms with van der Waals surface area (Å²) in [7, 11) is 0. The molecule has 6 heteroatoms. The molecule has 0 radical (unpaired) electrons. The molecule has 0 atom stereocenters. The molecule has 1 aliphatic rings. The average molecular weight is 266 g/mol. The van der Waals surface area contributed by atoms with E-state index >= 15 is 0 Å². The van der Waals surface area contributed by atoms with E-state index in [0.717, 1.165) is 45.4 Å². The number of aryl methyl sites for hydroxylation is 1. The number of aromatic nitrogens is 2. The lowest BCUT2D eigenvalue weighted by atomic mass is 9.97. The van der Waals surface area contributed by atoms with Crippen LogP contribution in [0.1, 0.15) is 42.7 Å². The van der Waals surface area contributed by atoms with E-state index in [1.54, 1.807) is 6.92 Å². The van der Waals surface area contributed by atoms with Gasteiger partial charge in [-0.2, -0.15) is 4.98 Å². The van der Waals surface area contributed by atoms with E-state index in [0.29, 0.717) is 11.8 Å². The first-order valence-electron chi connectivity index (χ1n) is 7.01. The molecule has 0 aromatic carbocycles. The van der Waals surface area contributed by atoms with Crippen LogP contribution in [0.25, 0.3) is 0 Å². The SMILES string of the molecule is CCCN(CC1CCNCC1)C(=O)c1noc(C)n1. The quantitative estimate of drug-likeness (QED) is 0.868. The number of piperidine rings is 1. The second kappa shape index (κ2) is 6.65. The minimum Gasteiger partial charge on any atom is -0.339 e. The lowest BCUT2D eigenvalue weighted by Gasteiger charge is -2.29. The molecule has 0 saturated carbocycles. The molecule has 2 rings (SSSR count). The number of carbonyl (C=O) groups is 1. The van der Waals surface area contributed by atoms with E-state index in [4.69, 9.17) is 4.52 Å². The Balaban J connectivity index is 1.99. The molecule has 1 fully saturated rings. The molecule has 0 aliphatic carbocycles. The molecule has 1 saturated heterocycles. The molecule has 1 aromatic heterocycles. The third-order valence-corrected chi connectivity index (χ3v) is 3.44. The average Bonchev–Trinajstić information content (AvgIpc) is 2.85. The molecule has 1 aromatic rings. The van der Waals surface area contributed by atoms with Crippen LogP contribution in [-0.2, 0) is 0 Å². The number of hydrogen-bond donors (Lipinski definition) is 1. The van der Waals surface area contributed by atoms with Crippen LogP contribution in [0, 0.1) is 12.8 Å². The van der Waals surface area contributed by atoms with Gasteiger partial charge in [0.05, 0.1) is 0 Å². The summed E-state index contributed by atoms with van der Waals surface area (Å²) in [6.07, 6.45) is 3.19. The molecule has 6 nitrogen and oxygen atoms in total. The van der Waals surface area contributed by atoms with E-state index in [9.17, 15) is 4.79 Å². The number of nitrogens with one attached hydrogen (secondary N) is 1. The standard InChI is InChI=1S/C13H22N4O2/c1-3-8-17(9-11-4-6-14-7-5-11)13(18)12-15-10(2)19-16-12/h11,14H,3-9H2,1-2H3. The van der Waals surface area contributed by atoms with Crippen LogP contribution in [0.4, 0.5) is 0 Å². The lowest BCUT2D eigenvalue weighted by molar-refractivity contribution is 0.0701. The summed E-state index contributed by atoms with van der Waals surface area (Å²) in [4.78, 5) is 18.2. The minimum atomic E-state index is -0.114. The zero-order valence-electron chi connectivity index (χ0n) is 11.7. The highest BCUT2D eigenvalue weighted by Crippen LogP contribution is 2.15. The molecular weight excluding hydrogens is 244 g/mol. The molecule has 1 amide bonds. The van der Waals surface area contributed by atoms with E-state index in [-0.39, 0.29) is 11.7 Å². The van der Waals surface area contributed by atoms with Crippen molar-refractivity contribution in [2.75, 3.05) is 26.2 Å². The van der Waals surface area contributed by atoms with E-state index in [1.165, 1.54) is 0 Å². The predicted molar refractivity (Wildman–Crippen MR) is 70.8 cm³/mol. The van der Waals surface area contributed by atoms with Crippen LogP contribution in [0.15, 0.2) is 4.52 Å². The summed E-state index contributed by atoms with van der Waals surface area (Å²) >= 11 is 0. The molecule has 2 heterocycles. The van der Waals surface area contributed by atoms with Crippen molar-refractivity contribution in [3.63, 3.8) is 0 Å². The zero-order valence-corrected chi connectivity index (χ0v) is 11.7. The Labute approximate surface area is 113 Å². The van der Waals surface area contributed by atoms with Gasteiger partial charge in [-0.3, -0.25) is 4.79 Å². The van der Waals surface area contributed by atoms with Gasteiger partial charge >= 0.3 is 0 Å². The first kappa shape index (κ1) is 14.0. The first-order valence-corrected chi connectivity index (χ1v) is 7.01. The Hall–Kier alpha value is -1.43. The summed E-state index contributed by atoms with van der Waals surface area (Å²) in [5.74, 6) is 1.07. The zero-order chi connectivity index (χ0) is 13.7. The van der Waals surface area contributed by atoms with Crippen molar-refractivity contribution in [1.29, 1.82) is 0 Å². The fraction of sp³-hybridized carbons (Fsp3) is 0.769. The highest BCUT2D eigenvalue weighted by Gasteiger charge is 2.24. The van der Waals surface area contributed by atoms with Gasteiger partial charge < -0.3 is 14.7 Å². The van der Waals surface area contributed by atoms with E-state index in [1.807, 2.05) is 4.90 Å². The molecule has 0 bridgehead atoms. The van der Waals surface area contributed by atoms with Gasteiger partial charge in [-0.1, -0.05) is 12.1 Å². The van der Waals surface area contributed by atoms with Gasteiger partial charge in [0, 0.05) is 20.0 Å². The molecule has 1 N–H and O–H groups in total. The normalized spacial score (nSPS) is 16.5. The fourth-order valence-electron chi connectivity index (χ4n) is 2.45. The number of amides is 1. The summed E-state index contributed by atoms with van der Waals surface area (Å²) in [5.41, 5.74) is 0. The molecule has 106 valence electrons. The third kappa shape index (κ3) is 3.76. The Bertz CT molecular complexity index is 413. The van der Waals surface area contributed by atoms with Gasteiger partial charge in [-0.05, 0) is 38.3 Å². The highest BCUT2D eigenvalue weighted by atomic mass is 16.5. The van der Waals surface area contributed by atoms with Crippen molar-refractivity contribution in [1.82, 2.24) is 20.4 Å². The van der Waals surface area contributed by atoms with Crippen molar-refractivity contribution >= 4 is 5.91 Å². The van der Waals surface area contributed by atoms with Crippen molar-refractivity contribution < 1.29 is 9.32 Å². The van der Waals surface area contributed by atoms with Crippen molar-refractivity contribution in [3.05, 3.63) is 11.7 Å². The third-order valence-electron chi connectivity index (χ3n) is 3.44. The largest absolute Gasteiger partial charge is 0.339 e. The second-order valence-corrected chi connectivity index (χ2v) is 5.08.